The molecule has 0 spiro atoms. The van der Waals surface area contributed by atoms with Crippen LogP contribution in [0.3, 0.4) is 0 Å². The fourth-order valence-corrected chi connectivity index (χ4v) is 2.91. The molecule has 0 aliphatic heterocycles. The van der Waals surface area contributed by atoms with Gasteiger partial charge in [-0.1, -0.05) is 63.3 Å². The Morgan fingerprint density at radius 3 is 2.47 bits per heavy atom. The second kappa shape index (κ2) is 5.68. The fourth-order valence-electron chi connectivity index (χ4n) is 2.91. The van der Waals surface area contributed by atoms with Crippen LogP contribution in [0.2, 0.25) is 0 Å². The molecule has 0 unspecified atom stereocenters. The maximum absolute atomic E-state index is 10.8. The van der Waals surface area contributed by atoms with Crippen LogP contribution in [0.25, 0.3) is 0 Å². The van der Waals surface area contributed by atoms with Crippen molar-refractivity contribution in [2.24, 2.45) is 0 Å². The Morgan fingerprint density at radius 1 is 1.12 bits per heavy atom. The van der Waals surface area contributed by atoms with Gasteiger partial charge in [-0.05, 0) is 30.4 Å². The fraction of sp³-hybridized carbons (Fsp3) is 0.625. The highest BCUT2D eigenvalue weighted by atomic mass is 16.3. The summed E-state index contributed by atoms with van der Waals surface area (Å²) in [5, 5.41) is 10.8. The average molecular weight is 232 g/mol. The van der Waals surface area contributed by atoms with Crippen molar-refractivity contribution in [1.29, 1.82) is 0 Å². The van der Waals surface area contributed by atoms with Gasteiger partial charge in [0.05, 0.1) is 5.60 Å². The monoisotopic (exact) mass is 232 g/mol. The second-order valence-corrected chi connectivity index (χ2v) is 5.40. The molecule has 1 N–H and O–H groups in total. The first kappa shape index (κ1) is 12.6. The molecular weight excluding hydrogens is 208 g/mol. The van der Waals surface area contributed by atoms with Crippen LogP contribution in [0.15, 0.2) is 24.3 Å². The summed E-state index contributed by atoms with van der Waals surface area (Å²) in [5.41, 5.74) is 1.95. The van der Waals surface area contributed by atoms with Crippen LogP contribution in [-0.2, 0) is 12.0 Å². The molecule has 0 heterocycles. The third-order valence-corrected chi connectivity index (χ3v) is 3.93. The number of hydrogen-bond acceptors (Lipinski definition) is 1. The average Bonchev–Trinajstić information content (AvgIpc) is 2.56. The van der Waals surface area contributed by atoms with Gasteiger partial charge in [-0.3, -0.25) is 0 Å². The van der Waals surface area contributed by atoms with Gasteiger partial charge in [-0.15, -0.1) is 0 Å². The van der Waals surface area contributed by atoms with E-state index in [1.54, 1.807) is 0 Å². The van der Waals surface area contributed by atoms with Crippen LogP contribution >= 0.6 is 0 Å². The molecular formula is C16H24O. The Bertz CT molecular complexity index is 348. The first-order valence-corrected chi connectivity index (χ1v) is 7.06. The van der Waals surface area contributed by atoms with Gasteiger partial charge in [0.15, 0.2) is 0 Å². The smallest absolute Gasteiger partial charge is 0.0896 e. The van der Waals surface area contributed by atoms with Crippen molar-refractivity contribution in [3.63, 3.8) is 0 Å². The van der Waals surface area contributed by atoms with Gasteiger partial charge in [0, 0.05) is 0 Å². The van der Waals surface area contributed by atoms with E-state index in [0.29, 0.717) is 0 Å². The van der Waals surface area contributed by atoms with Gasteiger partial charge in [0.1, 0.15) is 0 Å². The normalized spacial score (nSPS) is 19.9. The Kier molecular flexibility index (Phi) is 4.22. The van der Waals surface area contributed by atoms with Gasteiger partial charge in [-0.2, -0.15) is 0 Å². The van der Waals surface area contributed by atoms with E-state index in [4.69, 9.17) is 0 Å². The highest BCUT2D eigenvalue weighted by molar-refractivity contribution is 5.28. The quantitative estimate of drug-likeness (QED) is 0.775. The molecule has 1 saturated carbocycles. The summed E-state index contributed by atoms with van der Waals surface area (Å²) in [4.78, 5) is 0. The van der Waals surface area contributed by atoms with Crippen LogP contribution in [0.1, 0.15) is 63.0 Å². The molecule has 2 rings (SSSR count). The van der Waals surface area contributed by atoms with Crippen molar-refractivity contribution < 1.29 is 5.11 Å². The number of rotatable bonds is 3. The molecule has 1 aliphatic rings. The van der Waals surface area contributed by atoms with Gasteiger partial charge in [0.25, 0.3) is 0 Å². The molecule has 0 bridgehead atoms. The predicted molar refractivity (Wildman–Crippen MR) is 72.0 cm³/mol. The zero-order valence-corrected chi connectivity index (χ0v) is 10.9. The number of hydrogen-bond donors (Lipinski definition) is 1. The first-order valence-electron chi connectivity index (χ1n) is 7.06. The van der Waals surface area contributed by atoms with E-state index >= 15 is 0 Å². The van der Waals surface area contributed by atoms with Crippen molar-refractivity contribution >= 4 is 0 Å². The van der Waals surface area contributed by atoms with Crippen LogP contribution in [-0.4, -0.2) is 5.11 Å². The van der Waals surface area contributed by atoms with Crippen LogP contribution < -0.4 is 0 Å². The molecule has 94 valence electrons. The molecule has 1 nitrogen and oxygen atoms in total. The Morgan fingerprint density at radius 2 is 1.82 bits per heavy atom. The maximum atomic E-state index is 10.8. The molecule has 0 saturated heterocycles. The lowest BCUT2D eigenvalue weighted by Crippen LogP contribution is -2.24. The lowest BCUT2D eigenvalue weighted by molar-refractivity contribution is 0.0206. The molecule has 0 atom stereocenters. The zero-order chi connectivity index (χ0) is 12.1. The number of benzene rings is 1. The van der Waals surface area contributed by atoms with E-state index in [2.05, 4.69) is 31.2 Å². The Labute approximate surface area is 105 Å². The largest absolute Gasteiger partial charge is 0.385 e. The van der Waals surface area contributed by atoms with E-state index in [0.717, 1.165) is 37.7 Å². The molecule has 0 radical (unpaired) electrons. The van der Waals surface area contributed by atoms with Gasteiger partial charge in [0.2, 0.25) is 0 Å². The predicted octanol–water partition coefficient (Wildman–Crippen LogP) is 4.18. The molecule has 1 fully saturated rings. The van der Waals surface area contributed by atoms with Crippen molar-refractivity contribution in [2.75, 3.05) is 0 Å². The lowest BCUT2D eigenvalue weighted by atomic mass is 9.85. The minimum Gasteiger partial charge on any atom is -0.385 e. The SMILES string of the molecule is CCCc1cccc(C2(O)CCCCCC2)c1. The van der Waals surface area contributed by atoms with Crippen LogP contribution in [0, 0.1) is 0 Å². The molecule has 0 amide bonds. The number of aryl methyl sites for hydroxylation is 1. The van der Waals surface area contributed by atoms with Crippen molar-refractivity contribution in [1.82, 2.24) is 0 Å². The summed E-state index contributed by atoms with van der Waals surface area (Å²) in [7, 11) is 0. The highest BCUT2D eigenvalue weighted by Crippen LogP contribution is 2.36. The summed E-state index contributed by atoms with van der Waals surface area (Å²) in [6.45, 7) is 2.20. The number of aliphatic hydroxyl groups is 1. The Hall–Kier alpha value is -0.820. The van der Waals surface area contributed by atoms with Gasteiger partial charge >= 0.3 is 0 Å². The van der Waals surface area contributed by atoms with E-state index in [1.165, 1.54) is 24.8 Å². The lowest BCUT2D eigenvalue weighted by Gasteiger charge is -2.27. The van der Waals surface area contributed by atoms with E-state index in [-0.39, 0.29) is 0 Å². The van der Waals surface area contributed by atoms with E-state index in [1.807, 2.05) is 0 Å². The highest BCUT2D eigenvalue weighted by Gasteiger charge is 2.29. The topological polar surface area (TPSA) is 20.2 Å². The molecule has 1 aromatic rings. The zero-order valence-electron chi connectivity index (χ0n) is 10.9. The van der Waals surface area contributed by atoms with Crippen LogP contribution in [0.4, 0.5) is 0 Å². The minimum atomic E-state index is -0.555. The summed E-state index contributed by atoms with van der Waals surface area (Å²) < 4.78 is 0. The standard InChI is InChI=1S/C16H24O/c1-2-8-14-9-7-10-15(13-14)16(17)11-5-3-4-6-12-16/h7,9-10,13,17H,2-6,8,11-12H2,1H3. The summed E-state index contributed by atoms with van der Waals surface area (Å²) in [6, 6.07) is 8.59. The van der Waals surface area contributed by atoms with Crippen molar-refractivity contribution in [2.45, 2.75) is 63.9 Å². The van der Waals surface area contributed by atoms with Gasteiger partial charge in [-0.25, -0.2) is 0 Å². The first-order chi connectivity index (χ1) is 8.24. The van der Waals surface area contributed by atoms with Crippen molar-refractivity contribution in [3.8, 4) is 0 Å². The van der Waals surface area contributed by atoms with Crippen LogP contribution in [0.5, 0.6) is 0 Å². The summed E-state index contributed by atoms with van der Waals surface area (Å²) >= 11 is 0. The molecule has 1 aliphatic carbocycles. The van der Waals surface area contributed by atoms with Gasteiger partial charge < -0.3 is 5.11 Å². The third-order valence-electron chi connectivity index (χ3n) is 3.93. The van der Waals surface area contributed by atoms with Crippen molar-refractivity contribution in [3.05, 3.63) is 35.4 Å². The third kappa shape index (κ3) is 3.10. The molecule has 0 aromatic heterocycles. The minimum absolute atomic E-state index is 0.555. The Balaban J connectivity index is 2.21. The molecule has 1 aromatic carbocycles. The summed E-state index contributed by atoms with van der Waals surface area (Å²) in [5.74, 6) is 0. The summed E-state index contributed by atoms with van der Waals surface area (Å²) in [6.07, 6.45) is 9.02. The maximum Gasteiger partial charge on any atom is 0.0896 e. The molecule has 1 heteroatoms. The second-order valence-electron chi connectivity index (χ2n) is 5.40. The van der Waals surface area contributed by atoms with E-state index in [9.17, 15) is 5.11 Å². The molecule has 17 heavy (non-hydrogen) atoms. The van der Waals surface area contributed by atoms with E-state index < -0.39 is 5.60 Å².